The molecule has 0 bridgehead atoms. The third-order valence-electron chi connectivity index (χ3n) is 2.73. The van der Waals surface area contributed by atoms with Crippen molar-refractivity contribution < 1.29 is 9.59 Å². The molecule has 2 amide bonds. The molecule has 0 aromatic heterocycles. The molecule has 5 nitrogen and oxygen atoms in total. The molecule has 0 unspecified atom stereocenters. The number of nitrogens with zero attached hydrogens (tertiary/aromatic N) is 2. The number of anilines is 2. The van der Waals surface area contributed by atoms with Gasteiger partial charge in [0.1, 0.15) is 0 Å². The van der Waals surface area contributed by atoms with Crippen molar-refractivity contribution >= 4 is 23.2 Å². The van der Waals surface area contributed by atoms with Gasteiger partial charge in [0.05, 0.1) is 11.1 Å². The van der Waals surface area contributed by atoms with Gasteiger partial charge >= 0.3 is 0 Å². The van der Waals surface area contributed by atoms with E-state index in [1.165, 1.54) is 7.05 Å². The molecule has 1 aromatic rings. The average molecular weight is 219 g/mol. The molecule has 0 spiro atoms. The highest BCUT2D eigenvalue weighted by Gasteiger charge is 2.37. The lowest BCUT2D eigenvalue weighted by molar-refractivity contribution is 0.0693. The predicted molar refractivity (Wildman–Crippen MR) is 61.6 cm³/mol. The number of hydrogen-bond acceptors (Lipinski definition) is 4. The van der Waals surface area contributed by atoms with Crippen LogP contribution in [0.3, 0.4) is 0 Å². The maximum atomic E-state index is 11.9. The normalized spacial score (nSPS) is 14.3. The number of amides is 2. The molecule has 0 atom stereocenters. The summed E-state index contributed by atoms with van der Waals surface area (Å²) in [4.78, 5) is 26.6. The predicted octanol–water partition coefficient (Wildman–Crippen LogP) is 0.561. The number of nitrogen functional groups attached to an aromatic ring is 1. The Labute approximate surface area is 93.4 Å². The van der Waals surface area contributed by atoms with E-state index in [0.29, 0.717) is 22.5 Å². The average Bonchev–Trinajstić information content (AvgIpc) is 2.45. The Kier molecular flexibility index (Phi) is 2.11. The Morgan fingerprint density at radius 2 is 1.69 bits per heavy atom. The first-order valence-electron chi connectivity index (χ1n) is 4.87. The third kappa shape index (κ3) is 1.18. The summed E-state index contributed by atoms with van der Waals surface area (Å²) in [6, 6.07) is 3.40. The van der Waals surface area contributed by atoms with Gasteiger partial charge in [-0.25, -0.2) is 0 Å². The monoisotopic (exact) mass is 219 g/mol. The summed E-state index contributed by atoms with van der Waals surface area (Å²) in [5.74, 6) is -0.628. The molecule has 16 heavy (non-hydrogen) atoms. The van der Waals surface area contributed by atoms with E-state index in [1.54, 1.807) is 17.0 Å². The first kappa shape index (κ1) is 10.5. The van der Waals surface area contributed by atoms with Crippen LogP contribution in [-0.2, 0) is 0 Å². The maximum absolute atomic E-state index is 11.9. The first-order chi connectivity index (χ1) is 7.45. The molecule has 2 N–H and O–H groups in total. The second-order valence-electron chi connectivity index (χ2n) is 3.99. The van der Waals surface area contributed by atoms with Crippen LogP contribution in [0.15, 0.2) is 12.1 Å². The van der Waals surface area contributed by atoms with Crippen LogP contribution >= 0.6 is 0 Å². The molecule has 0 saturated heterocycles. The fraction of sp³-hybridized carbons (Fsp3) is 0.273. The van der Waals surface area contributed by atoms with E-state index in [2.05, 4.69) is 0 Å². The molecular weight excluding hydrogens is 206 g/mol. The zero-order chi connectivity index (χ0) is 12.0. The minimum absolute atomic E-state index is 0.295. The van der Waals surface area contributed by atoms with Gasteiger partial charge in [0.15, 0.2) is 0 Å². The quantitative estimate of drug-likeness (QED) is 0.553. The summed E-state index contributed by atoms with van der Waals surface area (Å²) in [6.45, 7) is 0. The Bertz CT molecular complexity index is 494. The van der Waals surface area contributed by atoms with E-state index >= 15 is 0 Å². The molecule has 0 fully saturated rings. The Hall–Kier alpha value is -2.04. The Morgan fingerprint density at radius 3 is 2.25 bits per heavy atom. The highest BCUT2D eigenvalue weighted by molar-refractivity contribution is 6.25. The smallest absolute Gasteiger partial charge is 0.263 e. The number of imide groups is 1. The van der Waals surface area contributed by atoms with Crippen molar-refractivity contribution in [2.75, 3.05) is 31.8 Å². The van der Waals surface area contributed by atoms with Gasteiger partial charge in [-0.3, -0.25) is 14.5 Å². The minimum atomic E-state index is -0.332. The highest BCUT2D eigenvalue weighted by atomic mass is 16.2. The summed E-state index contributed by atoms with van der Waals surface area (Å²) in [7, 11) is 5.10. The fourth-order valence-electron chi connectivity index (χ4n) is 1.86. The SMILES string of the molecule is CN1C(=O)c2c(N)ccc(N(C)C)c2C1=O. The molecule has 0 saturated carbocycles. The molecule has 1 heterocycles. The highest BCUT2D eigenvalue weighted by Crippen LogP contribution is 2.33. The lowest BCUT2D eigenvalue weighted by Gasteiger charge is -2.16. The van der Waals surface area contributed by atoms with Crippen LogP contribution in [0.2, 0.25) is 0 Å². The molecule has 1 aliphatic rings. The van der Waals surface area contributed by atoms with Crippen molar-refractivity contribution in [1.29, 1.82) is 0 Å². The molecule has 0 radical (unpaired) electrons. The zero-order valence-electron chi connectivity index (χ0n) is 9.44. The summed E-state index contributed by atoms with van der Waals surface area (Å²) in [5, 5.41) is 0. The summed E-state index contributed by atoms with van der Waals surface area (Å²) < 4.78 is 0. The first-order valence-corrected chi connectivity index (χ1v) is 4.87. The lowest BCUT2D eigenvalue weighted by Crippen LogP contribution is -2.25. The summed E-state index contributed by atoms with van der Waals surface area (Å²) in [6.07, 6.45) is 0. The number of rotatable bonds is 1. The number of benzene rings is 1. The van der Waals surface area contributed by atoms with E-state index in [-0.39, 0.29) is 11.8 Å². The van der Waals surface area contributed by atoms with Gasteiger partial charge in [0.25, 0.3) is 11.8 Å². The van der Waals surface area contributed by atoms with Gasteiger partial charge in [0.2, 0.25) is 0 Å². The molecule has 84 valence electrons. The topological polar surface area (TPSA) is 66.6 Å². The zero-order valence-corrected chi connectivity index (χ0v) is 9.44. The van der Waals surface area contributed by atoms with E-state index < -0.39 is 0 Å². The molecule has 0 aliphatic carbocycles. The number of carbonyl (C=O) groups is 2. The van der Waals surface area contributed by atoms with Crippen LogP contribution in [0, 0.1) is 0 Å². The lowest BCUT2D eigenvalue weighted by atomic mass is 10.0. The van der Waals surface area contributed by atoms with Gasteiger partial charge in [-0.15, -0.1) is 0 Å². The van der Waals surface area contributed by atoms with Crippen molar-refractivity contribution in [2.24, 2.45) is 0 Å². The van der Waals surface area contributed by atoms with Crippen molar-refractivity contribution in [3.63, 3.8) is 0 Å². The molecule has 1 aliphatic heterocycles. The van der Waals surface area contributed by atoms with Gasteiger partial charge in [-0.05, 0) is 12.1 Å². The second-order valence-corrected chi connectivity index (χ2v) is 3.99. The Balaban J connectivity index is 2.77. The number of carbonyl (C=O) groups excluding carboxylic acids is 2. The number of nitrogens with two attached hydrogens (primary N) is 1. The summed E-state index contributed by atoms with van der Waals surface area (Å²) in [5.41, 5.74) is 7.52. The van der Waals surface area contributed by atoms with Gasteiger partial charge in [-0.2, -0.15) is 0 Å². The standard InChI is InChI=1S/C11H13N3O2/c1-13(2)7-5-4-6(12)8-9(7)11(16)14(3)10(8)15/h4-5H,12H2,1-3H3. The van der Waals surface area contributed by atoms with Crippen LogP contribution in [0.4, 0.5) is 11.4 Å². The molecule has 2 rings (SSSR count). The third-order valence-corrected chi connectivity index (χ3v) is 2.73. The van der Waals surface area contributed by atoms with Crippen molar-refractivity contribution in [1.82, 2.24) is 4.90 Å². The van der Waals surface area contributed by atoms with Crippen LogP contribution in [-0.4, -0.2) is 37.9 Å². The van der Waals surface area contributed by atoms with Gasteiger partial charge in [-0.1, -0.05) is 0 Å². The molecule has 1 aromatic carbocycles. The van der Waals surface area contributed by atoms with Crippen LogP contribution in [0.1, 0.15) is 20.7 Å². The van der Waals surface area contributed by atoms with Gasteiger partial charge in [0, 0.05) is 32.5 Å². The molecule has 5 heteroatoms. The Morgan fingerprint density at radius 1 is 1.12 bits per heavy atom. The van der Waals surface area contributed by atoms with Crippen LogP contribution in [0.5, 0.6) is 0 Å². The van der Waals surface area contributed by atoms with Crippen molar-refractivity contribution in [3.8, 4) is 0 Å². The van der Waals surface area contributed by atoms with E-state index in [9.17, 15) is 9.59 Å². The number of hydrogen-bond donors (Lipinski definition) is 1. The second kappa shape index (κ2) is 3.23. The molecular formula is C11H13N3O2. The summed E-state index contributed by atoms with van der Waals surface area (Å²) >= 11 is 0. The maximum Gasteiger partial charge on any atom is 0.263 e. The van der Waals surface area contributed by atoms with E-state index in [0.717, 1.165) is 4.90 Å². The van der Waals surface area contributed by atoms with E-state index in [1.807, 2.05) is 14.1 Å². The minimum Gasteiger partial charge on any atom is -0.398 e. The van der Waals surface area contributed by atoms with E-state index in [4.69, 9.17) is 5.73 Å². The van der Waals surface area contributed by atoms with Crippen LogP contribution < -0.4 is 10.6 Å². The van der Waals surface area contributed by atoms with Gasteiger partial charge < -0.3 is 10.6 Å². The van der Waals surface area contributed by atoms with Crippen molar-refractivity contribution in [2.45, 2.75) is 0 Å². The van der Waals surface area contributed by atoms with Crippen LogP contribution in [0.25, 0.3) is 0 Å². The van der Waals surface area contributed by atoms with Crippen molar-refractivity contribution in [3.05, 3.63) is 23.3 Å². The fourth-order valence-corrected chi connectivity index (χ4v) is 1.86. The largest absolute Gasteiger partial charge is 0.398 e. The number of fused-ring (bicyclic) bond motifs is 1.